The lowest BCUT2D eigenvalue weighted by Crippen LogP contribution is -2.17. The van der Waals surface area contributed by atoms with E-state index in [-0.39, 0.29) is 5.82 Å². The summed E-state index contributed by atoms with van der Waals surface area (Å²) < 4.78 is 12.9. The van der Waals surface area contributed by atoms with Crippen LogP contribution in [0.3, 0.4) is 0 Å². The zero-order valence-electron chi connectivity index (χ0n) is 11.4. The minimum absolute atomic E-state index is 0.200. The van der Waals surface area contributed by atoms with Crippen LogP contribution in [0.2, 0.25) is 0 Å². The summed E-state index contributed by atoms with van der Waals surface area (Å²) in [5.41, 5.74) is 7.54. The number of benzene rings is 1. The zero-order chi connectivity index (χ0) is 14.4. The Balaban J connectivity index is 1.99. The van der Waals surface area contributed by atoms with Crippen LogP contribution in [0, 0.1) is 17.7 Å². The fraction of sp³-hybridized carbons (Fsp3) is 0.250. The Morgan fingerprint density at radius 1 is 1.20 bits per heavy atom. The molecule has 0 spiro atoms. The standard InChI is InChI=1S/C16H17FN2S/c1-19(11-13-4-6-15(17)7-5-13)12-16-14(3-2-9-18)8-10-20-16/h4-8,10H,9,11-12,18H2,1H3. The molecule has 0 fully saturated rings. The number of nitrogens with zero attached hydrogens (tertiary/aromatic N) is 1. The summed E-state index contributed by atoms with van der Waals surface area (Å²) in [7, 11) is 2.04. The lowest BCUT2D eigenvalue weighted by molar-refractivity contribution is 0.321. The molecular formula is C16H17FN2S. The first-order valence-corrected chi connectivity index (χ1v) is 7.25. The molecule has 4 heteroatoms. The largest absolute Gasteiger partial charge is 0.320 e. The van der Waals surface area contributed by atoms with Gasteiger partial charge in [-0.2, -0.15) is 0 Å². The normalized spacial score (nSPS) is 10.4. The molecule has 0 saturated heterocycles. The van der Waals surface area contributed by atoms with Crippen LogP contribution in [0.4, 0.5) is 4.39 Å². The van der Waals surface area contributed by atoms with E-state index >= 15 is 0 Å². The van der Waals surface area contributed by atoms with Crippen molar-refractivity contribution in [1.29, 1.82) is 0 Å². The van der Waals surface area contributed by atoms with Crippen LogP contribution in [0.5, 0.6) is 0 Å². The fourth-order valence-electron chi connectivity index (χ4n) is 1.92. The molecule has 104 valence electrons. The molecule has 1 aromatic heterocycles. The van der Waals surface area contributed by atoms with Crippen molar-refractivity contribution < 1.29 is 4.39 Å². The molecule has 0 bridgehead atoms. The average molecular weight is 288 g/mol. The van der Waals surface area contributed by atoms with Gasteiger partial charge in [0.2, 0.25) is 0 Å². The summed E-state index contributed by atoms with van der Waals surface area (Å²) >= 11 is 1.70. The van der Waals surface area contributed by atoms with Crippen LogP contribution < -0.4 is 5.73 Å². The lowest BCUT2D eigenvalue weighted by Gasteiger charge is -2.16. The molecular weight excluding hydrogens is 271 g/mol. The van der Waals surface area contributed by atoms with E-state index in [9.17, 15) is 4.39 Å². The number of halogens is 1. The predicted molar refractivity (Wildman–Crippen MR) is 81.8 cm³/mol. The van der Waals surface area contributed by atoms with Gasteiger partial charge in [0.1, 0.15) is 5.82 Å². The van der Waals surface area contributed by atoms with E-state index in [0.29, 0.717) is 6.54 Å². The van der Waals surface area contributed by atoms with Gasteiger partial charge < -0.3 is 5.73 Å². The van der Waals surface area contributed by atoms with Crippen molar-refractivity contribution in [3.8, 4) is 11.8 Å². The van der Waals surface area contributed by atoms with Gasteiger partial charge in [-0.3, -0.25) is 4.90 Å². The van der Waals surface area contributed by atoms with Gasteiger partial charge in [0.25, 0.3) is 0 Å². The molecule has 2 N–H and O–H groups in total. The number of hydrogen-bond donors (Lipinski definition) is 1. The minimum atomic E-state index is -0.200. The highest BCUT2D eigenvalue weighted by Crippen LogP contribution is 2.18. The molecule has 2 rings (SSSR count). The third-order valence-corrected chi connectivity index (χ3v) is 3.76. The van der Waals surface area contributed by atoms with E-state index < -0.39 is 0 Å². The Kier molecular flexibility index (Phi) is 5.31. The van der Waals surface area contributed by atoms with E-state index in [1.54, 1.807) is 11.3 Å². The topological polar surface area (TPSA) is 29.3 Å². The van der Waals surface area contributed by atoms with Gasteiger partial charge in [0.05, 0.1) is 6.54 Å². The lowest BCUT2D eigenvalue weighted by atomic mass is 10.2. The first-order chi connectivity index (χ1) is 9.69. The molecule has 1 heterocycles. The minimum Gasteiger partial charge on any atom is -0.320 e. The average Bonchev–Trinajstić information content (AvgIpc) is 2.86. The van der Waals surface area contributed by atoms with Crippen molar-refractivity contribution in [3.05, 3.63) is 57.5 Å². The van der Waals surface area contributed by atoms with Gasteiger partial charge in [0, 0.05) is 23.5 Å². The van der Waals surface area contributed by atoms with E-state index in [0.717, 1.165) is 24.2 Å². The van der Waals surface area contributed by atoms with Gasteiger partial charge in [-0.15, -0.1) is 11.3 Å². The molecule has 0 aliphatic rings. The van der Waals surface area contributed by atoms with Gasteiger partial charge in [-0.1, -0.05) is 24.0 Å². The van der Waals surface area contributed by atoms with Gasteiger partial charge >= 0.3 is 0 Å². The smallest absolute Gasteiger partial charge is 0.123 e. The Hall–Kier alpha value is -1.67. The van der Waals surface area contributed by atoms with Crippen molar-refractivity contribution in [1.82, 2.24) is 4.90 Å². The van der Waals surface area contributed by atoms with Crippen molar-refractivity contribution in [2.24, 2.45) is 5.73 Å². The molecule has 2 aromatic rings. The van der Waals surface area contributed by atoms with Crippen LogP contribution in [0.15, 0.2) is 35.7 Å². The summed E-state index contributed by atoms with van der Waals surface area (Å²) in [6, 6.07) is 8.64. The summed E-state index contributed by atoms with van der Waals surface area (Å²) in [5, 5.41) is 2.04. The van der Waals surface area contributed by atoms with Crippen molar-refractivity contribution in [2.75, 3.05) is 13.6 Å². The quantitative estimate of drug-likeness (QED) is 0.877. The van der Waals surface area contributed by atoms with Crippen molar-refractivity contribution in [2.45, 2.75) is 13.1 Å². The van der Waals surface area contributed by atoms with Crippen LogP contribution >= 0.6 is 11.3 Å². The predicted octanol–water partition coefficient (Wildman–Crippen LogP) is 2.83. The maximum atomic E-state index is 12.9. The van der Waals surface area contributed by atoms with E-state index in [1.807, 2.05) is 30.6 Å². The highest BCUT2D eigenvalue weighted by molar-refractivity contribution is 7.10. The van der Waals surface area contributed by atoms with E-state index in [2.05, 4.69) is 16.7 Å². The van der Waals surface area contributed by atoms with E-state index in [1.165, 1.54) is 17.0 Å². The highest BCUT2D eigenvalue weighted by Gasteiger charge is 2.07. The highest BCUT2D eigenvalue weighted by atomic mass is 32.1. The molecule has 0 aliphatic heterocycles. The molecule has 20 heavy (non-hydrogen) atoms. The summed E-state index contributed by atoms with van der Waals surface area (Å²) in [6.45, 7) is 1.98. The number of thiophene rings is 1. The molecule has 0 radical (unpaired) electrons. The Bertz CT molecular complexity index is 607. The second-order valence-electron chi connectivity index (χ2n) is 4.56. The SMILES string of the molecule is CN(Cc1ccc(F)cc1)Cc1sccc1C#CCN. The molecule has 0 saturated carbocycles. The number of hydrogen-bond acceptors (Lipinski definition) is 3. The molecule has 0 unspecified atom stereocenters. The fourth-order valence-corrected chi connectivity index (χ4v) is 2.83. The van der Waals surface area contributed by atoms with Gasteiger partial charge in [-0.25, -0.2) is 4.39 Å². The molecule has 0 aliphatic carbocycles. The second kappa shape index (κ2) is 7.20. The summed E-state index contributed by atoms with van der Waals surface area (Å²) in [6.07, 6.45) is 0. The van der Waals surface area contributed by atoms with Crippen LogP contribution in [0.25, 0.3) is 0 Å². The monoisotopic (exact) mass is 288 g/mol. The van der Waals surface area contributed by atoms with Gasteiger partial charge in [-0.05, 0) is 36.2 Å². The van der Waals surface area contributed by atoms with Crippen LogP contribution in [-0.4, -0.2) is 18.5 Å². The number of rotatable bonds is 4. The Labute approximate surface area is 123 Å². The zero-order valence-corrected chi connectivity index (χ0v) is 12.2. The second-order valence-corrected chi connectivity index (χ2v) is 5.56. The Morgan fingerprint density at radius 2 is 1.95 bits per heavy atom. The molecule has 0 atom stereocenters. The van der Waals surface area contributed by atoms with Crippen molar-refractivity contribution in [3.63, 3.8) is 0 Å². The summed E-state index contributed by atoms with van der Waals surface area (Å²) in [5.74, 6) is 5.77. The summed E-state index contributed by atoms with van der Waals surface area (Å²) in [4.78, 5) is 3.42. The molecule has 0 amide bonds. The third-order valence-electron chi connectivity index (χ3n) is 2.85. The molecule has 2 nitrogen and oxygen atoms in total. The maximum Gasteiger partial charge on any atom is 0.123 e. The van der Waals surface area contributed by atoms with E-state index in [4.69, 9.17) is 5.73 Å². The third kappa shape index (κ3) is 4.17. The van der Waals surface area contributed by atoms with Crippen LogP contribution in [-0.2, 0) is 13.1 Å². The maximum absolute atomic E-state index is 12.9. The Morgan fingerprint density at radius 3 is 2.65 bits per heavy atom. The number of nitrogens with two attached hydrogens (primary N) is 1. The van der Waals surface area contributed by atoms with Gasteiger partial charge in [0.15, 0.2) is 0 Å². The molecule has 1 aromatic carbocycles. The first-order valence-electron chi connectivity index (χ1n) is 6.37. The first kappa shape index (κ1) is 14.7. The van der Waals surface area contributed by atoms with Crippen molar-refractivity contribution >= 4 is 11.3 Å². The van der Waals surface area contributed by atoms with Crippen LogP contribution in [0.1, 0.15) is 16.0 Å².